The lowest BCUT2D eigenvalue weighted by Gasteiger charge is -2.35. The van der Waals surface area contributed by atoms with Gasteiger partial charge in [-0.2, -0.15) is 0 Å². The lowest BCUT2D eigenvalue weighted by molar-refractivity contribution is -0.132. The highest BCUT2D eigenvalue weighted by atomic mass is 35.5. The van der Waals surface area contributed by atoms with Gasteiger partial charge in [-0.15, -0.1) is 12.4 Å². The minimum atomic E-state index is 0. The summed E-state index contributed by atoms with van der Waals surface area (Å²) in [5.41, 5.74) is 8.38. The SMILES string of the molecule is COc1ccc(CCC(=O)N2CCN(C(=O)c3ccc(CN)cc3)CC2)cc1.Cl. The number of benzene rings is 2. The van der Waals surface area contributed by atoms with Gasteiger partial charge in [-0.25, -0.2) is 0 Å². The number of ether oxygens (including phenoxy) is 1. The van der Waals surface area contributed by atoms with Crippen LogP contribution in [0.1, 0.15) is 27.9 Å². The van der Waals surface area contributed by atoms with E-state index in [1.54, 1.807) is 7.11 Å². The smallest absolute Gasteiger partial charge is 0.253 e. The standard InChI is InChI=1S/C22H27N3O3.ClH/c1-28-20-9-4-17(5-10-20)6-11-21(26)24-12-14-25(15-13-24)22(27)19-7-2-18(16-23)3-8-19;/h2-5,7-10H,6,11-16,23H2,1H3;1H. The normalized spacial score (nSPS) is 13.6. The quantitative estimate of drug-likeness (QED) is 0.783. The number of amides is 2. The van der Waals surface area contributed by atoms with E-state index >= 15 is 0 Å². The number of hydrogen-bond acceptors (Lipinski definition) is 4. The molecule has 1 aliphatic heterocycles. The molecule has 156 valence electrons. The van der Waals surface area contributed by atoms with Gasteiger partial charge in [0.1, 0.15) is 5.75 Å². The molecular formula is C22H28ClN3O3. The molecule has 1 fully saturated rings. The topological polar surface area (TPSA) is 75.9 Å². The highest BCUT2D eigenvalue weighted by Gasteiger charge is 2.24. The van der Waals surface area contributed by atoms with Gasteiger partial charge in [-0.05, 0) is 41.8 Å². The molecule has 2 aromatic carbocycles. The average molecular weight is 418 g/mol. The van der Waals surface area contributed by atoms with E-state index < -0.39 is 0 Å². The highest BCUT2D eigenvalue weighted by molar-refractivity contribution is 5.94. The van der Waals surface area contributed by atoms with Crippen molar-refractivity contribution in [3.63, 3.8) is 0 Å². The fourth-order valence-corrected chi connectivity index (χ4v) is 3.33. The van der Waals surface area contributed by atoms with E-state index in [2.05, 4.69) is 0 Å². The van der Waals surface area contributed by atoms with Crippen LogP contribution >= 0.6 is 12.4 Å². The monoisotopic (exact) mass is 417 g/mol. The predicted octanol–water partition coefficient (Wildman–Crippen LogP) is 2.49. The Morgan fingerprint density at radius 1 is 0.897 bits per heavy atom. The Morgan fingerprint density at radius 2 is 1.45 bits per heavy atom. The Balaban J connectivity index is 0.00000300. The number of methoxy groups -OCH3 is 1. The number of carbonyl (C=O) groups excluding carboxylic acids is 2. The molecule has 2 amide bonds. The number of nitrogens with two attached hydrogens (primary N) is 1. The maximum Gasteiger partial charge on any atom is 0.253 e. The van der Waals surface area contributed by atoms with Gasteiger partial charge in [0.2, 0.25) is 5.91 Å². The fourth-order valence-electron chi connectivity index (χ4n) is 3.33. The molecule has 0 unspecified atom stereocenters. The van der Waals surface area contributed by atoms with E-state index in [1.165, 1.54) is 0 Å². The summed E-state index contributed by atoms with van der Waals surface area (Å²) in [6.45, 7) is 2.74. The highest BCUT2D eigenvalue weighted by Crippen LogP contribution is 2.14. The van der Waals surface area contributed by atoms with Crippen LogP contribution in [0.3, 0.4) is 0 Å². The lowest BCUT2D eigenvalue weighted by Crippen LogP contribution is -2.50. The summed E-state index contributed by atoms with van der Waals surface area (Å²) in [7, 11) is 1.64. The predicted molar refractivity (Wildman–Crippen MR) is 115 cm³/mol. The number of halogens is 1. The maximum absolute atomic E-state index is 12.6. The Bertz CT molecular complexity index is 801. The van der Waals surface area contributed by atoms with Gasteiger partial charge in [0.05, 0.1) is 7.11 Å². The maximum atomic E-state index is 12.6. The molecule has 7 heteroatoms. The number of nitrogens with zero attached hydrogens (tertiary/aromatic N) is 2. The van der Waals surface area contributed by atoms with Crippen molar-refractivity contribution in [2.24, 2.45) is 5.73 Å². The Morgan fingerprint density at radius 3 is 2.00 bits per heavy atom. The minimum absolute atomic E-state index is 0. The lowest BCUT2D eigenvalue weighted by atomic mass is 10.1. The number of carbonyl (C=O) groups is 2. The molecule has 0 radical (unpaired) electrons. The van der Waals surface area contributed by atoms with Gasteiger partial charge < -0.3 is 20.3 Å². The largest absolute Gasteiger partial charge is 0.497 e. The zero-order chi connectivity index (χ0) is 19.9. The van der Waals surface area contributed by atoms with E-state index in [1.807, 2.05) is 58.3 Å². The summed E-state index contributed by atoms with van der Waals surface area (Å²) in [6.07, 6.45) is 1.18. The molecule has 29 heavy (non-hydrogen) atoms. The third kappa shape index (κ3) is 5.95. The van der Waals surface area contributed by atoms with Crippen LogP contribution in [-0.4, -0.2) is 54.9 Å². The van der Waals surface area contributed by atoms with E-state index in [9.17, 15) is 9.59 Å². The van der Waals surface area contributed by atoms with Crippen LogP contribution in [0.15, 0.2) is 48.5 Å². The van der Waals surface area contributed by atoms with Crippen molar-refractivity contribution >= 4 is 24.2 Å². The summed E-state index contributed by atoms with van der Waals surface area (Å²) in [5.74, 6) is 0.956. The molecule has 0 spiro atoms. The molecule has 0 atom stereocenters. The van der Waals surface area contributed by atoms with Crippen molar-refractivity contribution in [2.75, 3.05) is 33.3 Å². The van der Waals surface area contributed by atoms with Gasteiger partial charge >= 0.3 is 0 Å². The average Bonchev–Trinajstić information content (AvgIpc) is 2.77. The van der Waals surface area contributed by atoms with E-state index in [4.69, 9.17) is 10.5 Å². The second-order valence-electron chi connectivity index (χ2n) is 6.92. The van der Waals surface area contributed by atoms with Crippen molar-refractivity contribution in [1.82, 2.24) is 9.80 Å². The first kappa shape index (κ1) is 22.7. The zero-order valence-corrected chi connectivity index (χ0v) is 17.5. The molecule has 6 nitrogen and oxygen atoms in total. The minimum Gasteiger partial charge on any atom is -0.497 e. The number of hydrogen-bond donors (Lipinski definition) is 1. The van der Waals surface area contributed by atoms with Crippen LogP contribution in [0.5, 0.6) is 5.75 Å². The molecule has 1 heterocycles. The Labute approximate surface area is 178 Å². The molecule has 1 aliphatic rings. The summed E-state index contributed by atoms with van der Waals surface area (Å²) in [5, 5.41) is 0. The van der Waals surface area contributed by atoms with Gasteiger partial charge in [-0.1, -0.05) is 24.3 Å². The number of piperazine rings is 1. The van der Waals surface area contributed by atoms with Gasteiger partial charge in [0, 0.05) is 44.7 Å². The first-order chi connectivity index (χ1) is 13.6. The molecule has 0 bridgehead atoms. The fraction of sp³-hybridized carbons (Fsp3) is 0.364. The summed E-state index contributed by atoms with van der Waals surface area (Å²) in [4.78, 5) is 28.8. The Hall–Kier alpha value is -2.57. The Kier molecular flexibility index (Phi) is 8.49. The van der Waals surface area contributed by atoms with Crippen molar-refractivity contribution < 1.29 is 14.3 Å². The summed E-state index contributed by atoms with van der Waals surface area (Å²) in [6, 6.07) is 15.2. The van der Waals surface area contributed by atoms with Crippen LogP contribution in [0.2, 0.25) is 0 Å². The molecule has 0 aromatic heterocycles. The summed E-state index contributed by atoms with van der Waals surface area (Å²) < 4.78 is 5.15. The van der Waals surface area contributed by atoms with Crippen molar-refractivity contribution in [3.8, 4) is 5.75 Å². The van der Waals surface area contributed by atoms with Crippen LogP contribution in [0, 0.1) is 0 Å². The molecular weight excluding hydrogens is 390 g/mol. The van der Waals surface area contributed by atoms with Gasteiger partial charge in [0.25, 0.3) is 5.91 Å². The first-order valence-electron chi connectivity index (χ1n) is 9.59. The van der Waals surface area contributed by atoms with E-state index in [-0.39, 0.29) is 24.2 Å². The second kappa shape index (κ2) is 10.8. The van der Waals surface area contributed by atoms with Crippen molar-refractivity contribution in [2.45, 2.75) is 19.4 Å². The van der Waals surface area contributed by atoms with Crippen LogP contribution < -0.4 is 10.5 Å². The molecule has 3 rings (SSSR count). The summed E-state index contributed by atoms with van der Waals surface area (Å²) >= 11 is 0. The molecule has 0 aliphatic carbocycles. The molecule has 2 aromatic rings. The van der Waals surface area contributed by atoms with Crippen LogP contribution in [0.4, 0.5) is 0 Å². The third-order valence-corrected chi connectivity index (χ3v) is 5.14. The molecule has 0 saturated carbocycles. The van der Waals surface area contributed by atoms with Gasteiger partial charge in [0.15, 0.2) is 0 Å². The van der Waals surface area contributed by atoms with Crippen LogP contribution in [-0.2, 0) is 17.8 Å². The zero-order valence-electron chi connectivity index (χ0n) is 16.7. The first-order valence-corrected chi connectivity index (χ1v) is 9.59. The third-order valence-electron chi connectivity index (χ3n) is 5.14. The van der Waals surface area contributed by atoms with E-state index in [0.29, 0.717) is 51.1 Å². The van der Waals surface area contributed by atoms with Crippen molar-refractivity contribution in [3.05, 3.63) is 65.2 Å². The number of aryl methyl sites for hydroxylation is 1. The second-order valence-corrected chi connectivity index (χ2v) is 6.92. The number of rotatable bonds is 6. The molecule has 2 N–H and O–H groups in total. The van der Waals surface area contributed by atoms with Crippen molar-refractivity contribution in [1.29, 1.82) is 0 Å². The van der Waals surface area contributed by atoms with Gasteiger partial charge in [-0.3, -0.25) is 9.59 Å². The van der Waals surface area contributed by atoms with E-state index in [0.717, 1.165) is 16.9 Å². The van der Waals surface area contributed by atoms with Crippen LogP contribution in [0.25, 0.3) is 0 Å². The molecule has 1 saturated heterocycles.